The van der Waals surface area contributed by atoms with E-state index in [2.05, 4.69) is 27.9 Å². The first-order valence-electron chi connectivity index (χ1n) is 8.56. The lowest BCUT2D eigenvalue weighted by Crippen LogP contribution is -2.27. The van der Waals surface area contributed by atoms with Gasteiger partial charge >= 0.3 is 0 Å². The fourth-order valence-corrected chi connectivity index (χ4v) is 3.17. The molecule has 0 spiro atoms. The second kappa shape index (κ2) is 7.59. The number of benzene rings is 1. The minimum Gasteiger partial charge on any atom is -0.381 e. The number of nitrogens with zero attached hydrogens (tertiary/aromatic N) is 2. The van der Waals surface area contributed by atoms with E-state index >= 15 is 0 Å². The summed E-state index contributed by atoms with van der Waals surface area (Å²) in [5, 5.41) is 3.03. The first-order valence-corrected chi connectivity index (χ1v) is 8.56. The van der Waals surface area contributed by atoms with E-state index in [1.54, 1.807) is 0 Å². The molecule has 1 aliphatic rings. The van der Waals surface area contributed by atoms with Gasteiger partial charge in [0, 0.05) is 39.1 Å². The average molecular weight is 315 g/mol. The molecule has 0 aliphatic carbocycles. The van der Waals surface area contributed by atoms with E-state index in [4.69, 9.17) is 4.74 Å². The van der Waals surface area contributed by atoms with E-state index in [0.29, 0.717) is 18.9 Å². The summed E-state index contributed by atoms with van der Waals surface area (Å²) in [5.41, 5.74) is 2.12. The maximum Gasteiger partial charge on any atom is 0.221 e. The molecule has 1 N–H and O–H groups in total. The molecule has 0 bridgehead atoms. The van der Waals surface area contributed by atoms with E-state index in [1.165, 1.54) is 0 Å². The van der Waals surface area contributed by atoms with Gasteiger partial charge in [0.25, 0.3) is 0 Å². The second-order valence-electron chi connectivity index (χ2n) is 6.14. The molecule has 3 rings (SSSR count). The van der Waals surface area contributed by atoms with Gasteiger partial charge in [-0.25, -0.2) is 4.98 Å². The van der Waals surface area contributed by atoms with E-state index in [-0.39, 0.29) is 5.91 Å². The number of amides is 1. The molecule has 0 saturated carbocycles. The number of carbonyl (C=O) groups excluding carboxylic acids is 1. The Kier molecular flexibility index (Phi) is 5.28. The van der Waals surface area contributed by atoms with Gasteiger partial charge in [0.1, 0.15) is 5.82 Å². The zero-order valence-corrected chi connectivity index (χ0v) is 13.8. The highest BCUT2D eigenvalue weighted by molar-refractivity contribution is 5.78. The fourth-order valence-electron chi connectivity index (χ4n) is 3.17. The maximum absolute atomic E-state index is 12.1. The van der Waals surface area contributed by atoms with Crippen LogP contribution in [0, 0.1) is 5.92 Å². The van der Waals surface area contributed by atoms with Gasteiger partial charge < -0.3 is 14.6 Å². The summed E-state index contributed by atoms with van der Waals surface area (Å²) in [5.74, 6) is 1.77. The Morgan fingerprint density at radius 2 is 2.30 bits per heavy atom. The van der Waals surface area contributed by atoms with E-state index in [9.17, 15) is 4.79 Å². The van der Waals surface area contributed by atoms with Gasteiger partial charge in [-0.1, -0.05) is 19.1 Å². The Balaban J connectivity index is 1.52. The third kappa shape index (κ3) is 3.91. The minimum absolute atomic E-state index is 0.115. The summed E-state index contributed by atoms with van der Waals surface area (Å²) in [6, 6.07) is 8.11. The lowest BCUT2D eigenvalue weighted by atomic mass is 10.1. The maximum atomic E-state index is 12.1. The van der Waals surface area contributed by atoms with Crippen molar-refractivity contribution in [3.8, 4) is 0 Å². The van der Waals surface area contributed by atoms with Crippen LogP contribution in [-0.4, -0.2) is 35.2 Å². The average Bonchev–Trinajstić information content (AvgIpc) is 3.20. The van der Waals surface area contributed by atoms with E-state index in [0.717, 1.165) is 55.9 Å². The molecule has 124 valence electrons. The molecule has 0 unspecified atom stereocenters. The van der Waals surface area contributed by atoms with Gasteiger partial charge in [-0.05, 0) is 30.9 Å². The molecular formula is C18H25N3O2. The lowest BCUT2D eigenvalue weighted by molar-refractivity contribution is -0.121. The molecule has 5 nitrogen and oxygen atoms in total. The van der Waals surface area contributed by atoms with Crippen LogP contribution >= 0.6 is 0 Å². The van der Waals surface area contributed by atoms with Gasteiger partial charge in [-0.2, -0.15) is 0 Å². The van der Waals surface area contributed by atoms with Crippen molar-refractivity contribution in [2.75, 3.05) is 19.8 Å². The SMILES string of the molecule is CCc1nc2ccccc2n1CCC(=O)NCC[C@H]1CCOC1. The Morgan fingerprint density at radius 1 is 1.43 bits per heavy atom. The van der Waals surface area contributed by atoms with Crippen molar-refractivity contribution >= 4 is 16.9 Å². The van der Waals surface area contributed by atoms with Crippen LogP contribution in [0.15, 0.2) is 24.3 Å². The Labute approximate surface area is 137 Å². The van der Waals surface area contributed by atoms with Gasteiger partial charge in [0.15, 0.2) is 0 Å². The van der Waals surface area contributed by atoms with Crippen molar-refractivity contribution in [1.82, 2.24) is 14.9 Å². The number of hydrogen-bond acceptors (Lipinski definition) is 3. The smallest absolute Gasteiger partial charge is 0.221 e. The third-order valence-electron chi connectivity index (χ3n) is 4.51. The number of hydrogen-bond donors (Lipinski definition) is 1. The molecule has 0 radical (unpaired) electrons. The van der Waals surface area contributed by atoms with Crippen LogP contribution in [0.5, 0.6) is 0 Å². The molecule has 2 heterocycles. The molecule has 5 heteroatoms. The number of rotatable bonds is 7. The molecule has 1 saturated heterocycles. The number of imidazole rings is 1. The monoisotopic (exact) mass is 315 g/mol. The summed E-state index contributed by atoms with van der Waals surface area (Å²) < 4.78 is 7.52. The fraction of sp³-hybridized carbons (Fsp3) is 0.556. The number of fused-ring (bicyclic) bond motifs is 1. The van der Waals surface area contributed by atoms with Gasteiger partial charge in [0.2, 0.25) is 5.91 Å². The number of aromatic nitrogens is 2. The van der Waals surface area contributed by atoms with Crippen LogP contribution < -0.4 is 5.32 Å². The van der Waals surface area contributed by atoms with Crippen molar-refractivity contribution in [1.29, 1.82) is 0 Å². The molecule has 23 heavy (non-hydrogen) atoms. The van der Waals surface area contributed by atoms with E-state index < -0.39 is 0 Å². The zero-order valence-electron chi connectivity index (χ0n) is 13.8. The van der Waals surface area contributed by atoms with Crippen LogP contribution in [0.25, 0.3) is 11.0 Å². The van der Waals surface area contributed by atoms with Gasteiger partial charge in [0.05, 0.1) is 11.0 Å². The molecule has 1 aliphatic heterocycles. The summed E-state index contributed by atoms with van der Waals surface area (Å²) >= 11 is 0. The molecule has 1 aromatic heterocycles. The summed E-state index contributed by atoms with van der Waals surface area (Å²) in [6.07, 6.45) is 3.50. The summed E-state index contributed by atoms with van der Waals surface area (Å²) in [6.45, 7) is 5.24. The number of nitrogens with one attached hydrogen (secondary N) is 1. The largest absolute Gasteiger partial charge is 0.381 e. The lowest BCUT2D eigenvalue weighted by Gasteiger charge is -2.10. The van der Waals surface area contributed by atoms with Crippen LogP contribution in [0.4, 0.5) is 0 Å². The molecule has 1 atom stereocenters. The third-order valence-corrected chi connectivity index (χ3v) is 4.51. The molecule has 2 aromatic rings. The second-order valence-corrected chi connectivity index (χ2v) is 6.14. The number of ether oxygens (including phenoxy) is 1. The van der Waals surface area contributed by atoms with Crippen LogP contribution in [0.1, 0.15) is 32.0 Å². The first kappa shape index (κ1) is 16.0. The Bertz CT molecular complexity index is 659. The predicted octanol–water partition coefficient (Wildman–Crippen LogP) is 2.53. The molecular weight excluding hydrogens is 290 g/mol. The van der Waals surface area contributed by atoms with Crippen molar-refractivity contribution < 1.29 is 9.53 Å². The van der Waals surface area contributed by atoms with Crippen LogP contribution in [-0.2, 0) is 22.5 Å². The van der Waals surface area contributed by atoms with Crippen molar-refractivity contribution in [2.24, 2.45) is 5.92 Å². The molecule has 1 aromatic carbocycles. The molecule has 1 fully saturated rings. The normalized spacial score (nSPS) is 17.7. The zero-order chi connectivity index (χ0) is 16.1. The minimum atomic E-state index is 0.115. The number of para-hydroxylation sites is 2. The highest BCUT2D eigenvalue weighted by Crippen LogP contribution is 2.17. The van der Waals surface area contributed by atoms with Crippen LogP contribution in [0.2, 0.25) is 0 Å². The Morgan fingerprint density at radius 3 is 3.09 bits per heavy atom. The standard InChI is InChI=1S/C18H25N3O2/c1-2-17-20-15-5-3-4-6-16(15)21(17)11-8-18(22)19-10-7-14-9-12-23-13-14/h3-6,14H,2,7-13H2,1H3,(H,19,22)/t14-/m0/s1. The predicted molar refractivity (Wildman–Crippen MR) is 90.3 cm³/mol. The van der Waals surface area contributed by atoms with Crippen molar-refractivity contribution in [2.45, 2.75) is 39.2 Å². The highest BCUT2D eigenvalue weighted by Gasteiger charge is 2.15. The summed E-state index contributed by atoms with van der Waals surface area (Å²) in [7, 11) is 0. The summed E-state index contributed by atoms with van der Waals surface area (Å²) in [4.78, 5) is 16.7. The number of carbonyl (C=O) groups is 1. The van der Waals surface area contributed by atoms with Gasteiger partial charge in [-0.3, -0.25) is 4.79 Å². The van der Waals surface area contributed by atoms with Gasteiger partial charge in [-0.15, -0.1) is 0 Å². The Hall–Kier alpha value is -1.88. The first-order chi connectivity index (χ1) is 11.3. The highest BCUT2D eigenvalue weighted by atomic mass is 16.5. The van der Waals surface area contributed by atoms with Crippen LogP contribution in [0.3, 0.4) is 0 Å². The topological polar surface area (TPSA) is 56.2 Å². The van der Waals surface area contributed by atoms with Crippen molar-refractivity contribution in [3.63, 3.8) is 0 Å². The quantitative estimate of drug-likeness (QED) is 0.854. The van der Waals surface area contributed by atoms with Crippen molar-refractivity contribution in [3.05, 3.63) is 30.1 Å². The molecule has 1 amide bonds. The number of aryl methyl sites for hydroxylation is 2. The van der Waals surface area contributed by atoms with E-state index in [1.807, 2.05) is 18.2 Å².